The summed E-state index contributed by atoms with van der Waals surface area (Å²) in [6, 6.07) is 11.7. The van der Waals surface area contributed by atoms with Crippen LogP contribution in [0.3, 0.4) is 0 Å². The number of nitrogens with one attached hydrogen (secondary N) is 3. The van der Waals surface area contributed by atoms with Crippen molar-refractivity contribution in [3.63, 3.8) is 0 Å². The summed E-state index contributed by atoms with van der Waals surface area (Å²) in [5.74, 6) is 1.77. The van der Waals surface area contributed by atoms with Crippen molar-refractivity contribution in [1.29, 1.82) is 0 Å². The third kappa shape index (κ3) is 6.98. The number of carbonyl (C=O) groups excluding carboxylic acids is 2. The lowest BCUT2D eigenvalue weighted by atomic mass is 10.1. The summed E-state index contributed by atoms with van der Waals surface area (Å²) in [6.45, 7) is 4.37. The molecule has 1 saturated heterocycles. The van der Waals surface area contributed by atoms with Gasteiger partial charge in [0.15, 0.2) is 5.82 Å². The first-order valence-electron chi connectivity index (χ1n) is 12.3. The predicted octanol–water partition coefficient (Wildman–Crippen LogP) is 3.20. The van der Waals surface area contributed by atoms with Crippen LogP contribution < -0.4 is 20.9 Å². The molecule has 9 nitrogen and oxygen atoms in total. The molecular weight excluding hydrogens is 432 g/mol. The largest absolute Gasteiger partial charge is 0.477 e. The molecule has 0 spiro atoms. The molecule has 2 aliphatic rings. The van der Waals surface area contributed by atoms with Gasteiger partial charge in [-0.3, -0.25) is 15.5 Å². The Morgan fingerprint density at radius 2 is 1.97 bits per heavy atom. The van der Waals surface area contributed by atoms with E-state index in [1.54, 1.807) is 4.90 Å². The van der Waals surface area contributed by atoms with Gasteiger partial charge in [0.2, 0.25) is 11.8 Å². The van der Waals surface area contributed by atoms with Crippen molar-refractivity contribution in [2.75, 3.05) is 26.2 Å². The predicted molar refractivity (Wildman–Crippen MR) is 129 cm³/mol. The highest BCUT2D eigenvalue weighted by atomic mass is 16.5. The van der Waals surface area contributed by atoms with Crippen molar-refractivity contribution < 1.29 is 14.3 Å². The summed E-state index contributed by atoms with van der Waals surface area (Å²) in [4.78, 5) is 33.9. The number of ether oxygens (including phenoxy) is 1. The van der Waals surface area contributed by atoms with Crippen LogP contribution in [0.2, 0.25) is 0 Å². The molecule has 1 aliphatic heterocycles. The van der Waals surface area contributed by atoms with Gasteiger partial charge in [0.25, 0.3) is 0 Å². The van der Waals surface area contributed by atoms with Gasteiger partial charge in [-0.25, -0.2) is 15.2 Å². The fraction of sp³-hybridized carbons (Fsp3) is 0.520. The topological polar surface area (TPSA) is 108 Å². The Balaban J connectivity index is 1.28. The van der Waals surface area contributed by atoms with Gasteiger partial charge >= 0.3 is 6.03 Å². The van der Waals surface area contributed by atoms with Gasteiger partial charge in [-0.05, 0) is 38.0 Å². The Labute approximate surface area is 200 Å². The molecule has 3 amide bonds. The molecule has 0 radical (unpaired) electrons. The van der Waals surface area contributed by atoms with Crippen molar-refractivity contribution in [1.82, 2.24) is 31.0 Å². The number of carbonyl (C=O) groups is 2. The van der Waals surface area contributed by atoms with Crippen molar-refractivity contribution in [2.24, 2.45) is 5.92 Å². The van der Waals surface area contributed by atoms with Gasteiger partial charge in [-0.1, -0.05) is 43.7 Å². The summed E-state index contributed by atoms with van der Waals surface area (Å²) in [7, 11) is 0. The number of amides is 3. The second kappa shape index (κ2) is 11.9. The maximum atomic E-state index is 11.6. The smallest absolute Gasteiger partial charge is 0.324 e. The van der Waals surface area contributed by atoms with Crippen molar-refractivity contribution in [3.05, 3.63) is 42.2 Å². The molecule has 1 aliphatic carbocycles. The van der Waals surface area contributed by atoms with E-state index in [1.807, 2.05) is 36.4 Å². The van der Waals surface area contributed by atoms with Gasteiger partial charge in [0, 0.05) is 24.7 Å². The minimum Gasteiger partial charge on any atom is -0.477 e. The fourth-order valence-electron chi connectivity index (χ4n) is 3.82. The van der Waals surface area contributed by atoms with E-state index < -0.39 is 0 Å². The Morgan fingerprint density at radius 1 is 1.15 bits per heavy atom. The first-order chi connectivity index (χ1) is 16.6. The normalized spacial score (nSPS) is 16.6. The molecule has 2 aromatic rings. The number of aromatic nitrogens is 2. The molecule has 0 bridgehead atoms. The van der Waals surface area contributed by atoms with Crippen molar-refractivity contribution in [3.8, 4) is 17.1 Å². The van der Waals surface area contributed by atoms with E-state index in [4.69, 9.17) is 14.7 Å². The molecule has 2 heterocycles. The Kier molecular flexibility index (Phi) is 8.43. The molecule has 34 heavy (non-hydrogen) atoms. The fourth-order valence-corrected chi connectivity index (χ4v) is 3.82. The SMILES string of the molecule is CCC(NNCCCCCN1CC(=O)NC1=O)c1nc(OCC2CC2)cc(-c2ccccc2)n1. The number of imide groups is 1. The molecule has 1 aromatic carbocycles. The van der Waals surface area contributed by atoms with Crippen LogP contribution >= 0.6 is 0 Å². The summed E-state index contributed by atoms with van der Waals surface area (Å²) in [5.41, 5.74) is 8.57. The zero-order valence-corrected chi connectivity index (χ0v) is 19.8. The first kappa shape index (κ1) is 24.1. The van der Waals surface area contributed by atoms with E-state index in [2.05, 4.69) is 23.1 Å². The lowest BCUT2D eigenvalue weighted by molar-refractivity contribution is -0.118. The van der Waals surface area contributed by atoms with Crippen LogP contribution in [-0.4, -0.2) is 53.0 Å². The molecular formula is C25H34N6O3. The summed E-state index contributed by atoms with van der Waals surface area (Å²) < 4.78 is 6.00. The molecule has 1 unspecified atom stereocenters. The molecule has 9 heteroatoms. The number of rotatable bonds is 14. The number of urea groups is 1. The molecule has 3 N–H and O–H groups in total. The number of hydrogen-bond acceptors (Lipinski definition) is 7. The van der Waals surface area contributed by atoms with Crippen LogP contribution in [0.25, 0.3) is 11.3 Å². The monoisotopic (exact) mass is 466 g/mol. The average Bonchev–Trinajstić information content (AvgIpc) is 3.63. The number of hydrogen-bond donors (Lipinski definition) is 3. The first-order valence-corrected chi connectivity index (χ1v) is 12.3. The van der Waals surface area contributed by atoms with E-state index in [1.165, 1.54) is 12.8 Å². The molecule has 1 saturated carbocycles. The Morgan fingerprint density at radius 3 is 2.68 bits per heavy atom. The Bertz CT molecular complexity index is 966. The van der Waals surface area contributed by atoms with Gasteiger partial charge < -0.3 is 9.64 Å². The number of unbranched alkanes of at least 4 members (excludes halogenated alkanes) is 2. The van der Waals surface area contributed by atoms with Crippen molar-refractivity contribution >= 4 is 11.9 Å². The highest BCUT2D eigenvalue weighted by Gasteiger charge is 2.25. The highest BCUT2D eigenvalue weighted by molar-refractivity contribution is 6.01. The molecule has 4 rings (SSSR count). The number of benzene rings is 1. The maximum absolute atomic E-state index is 11.6. The van der Waals surface area contributed by atoms with E-state index in [9.17, 15) is 9.59 Å². The molecule has 1 aromatic heterocycles. The summed E-state index contributed by atoms with van der Waals surface area (Å²) in [5, 5.41) is 2.30. The van der Waals surface area contributed by atoms with E-state index >= 15 is 0 Å². The maximum Gasteiger partial charge on any atom is 0.324 e. The van der Waals surface area contributed by atoms with Crippen LogP contribution in [0.1, 0.15) is 57.3 Å². The van der Waals surface area contributed by atoms with Gasteiger partial charge in [-0.2, -0.15) is 4.98 Å². The second-order valence-electron chi connectivity index (χ2n) is 8.94. The second-order valence-corrected chi connectivity index (χ2v) is 8.94. The summed E-state index contributed by atoms with van der Waals surface area (Å²) in [6.07, 6.45) is 6.07. The zero-order chi connectivity index (χ0) is 23.8. The van der Waals surface area contributed by atoms with Crippen LogP contribution in [0.5, 0.6) is 5.88 Å². The van der Waals surface area contributed by atoms with Crippen molar-refractivity contribution in [2.45, 2.75) is 51.5 Å². The lowest BCUT2D eigenvalue weighted by Crippen LogP contribution is -2.37. The lowest BCUT2D eigenvalue weighted by Gasteiger charge is -2.18. The van der Waals surface area contributed by atoms with E-state index in [0.29, 0.717) is 30.8 Å². The van der Waals surface area contributed by atoms with Crippen LogP contribution in [0.15, 0.2) is 36.4 Å². The minimum absolute atomic E-state index is 0.0498. The van der Waals surface area contributed by atoms with Crippen LogP contribution in [0.4, 0.5) is 4.79 Å². The van der Waals surface area contributed by atoms with Gasteiger partial charge in [0.1, 0.15) is 6.54 Å². The van der Waals surface area contributed by atoms with Crippen LogP contribution in [-0.2, 0) is 4.79 Å². The average molecular weight is 467 g/mol. The van der Waals surface area contributed by atoms with Crippen LogP contribution in [0, 0.1) is 5.92 Å². The number of hydrazine groups is 1. The third-order valence-electron chi connectivity index (χ3n) is 6.05. The van der Waals surface area contributed by atoms with E-state index in [0.717, 1.165) is 43.5 Å². The van der Waals surface area contributed by atoms with Gasteiger partial charge in [0.05, 0.1) is 18.3 Å². The quantitative estimate of drug-likeness (QED) is 0.223. The standard InChI is InChI=1S/C25H34N6O3/c1-2-20(30-26-13-7-4-8-14-31-16-22(32)28-25(31)33)24-27-21(19-9-5-3-6-10-19)15-23(29-24)34-17-18-11-12-18/h3,5-6,9-10,15,18,20,26,30H,2,4,7-8,11-14,16-17H2,1H3,(H,28,32,33). The highest BCUT2D eigenvalue weighted by Crippen LogP contribution is 2.30. The van der Waals surface area contributed by atoms with E-state index in [-0.39, 0.29) is 24.5 Å². The Hall–Kier alpha value is -3.04. The molecule has 1 atom stereocenters. The molecule has 2 fully saturated rings. The zero-order valence-electron chi connectivity index (χ0n) is 19.8. The third-order valence-corrected chi connectivity index (χ3v) is 6.05. The molecule has 182 valence electrons. The minimum atomic E-state index is -0.284. The number of nitrogens with zero attached hydrogens (tertiary/aromatic N) is 3. The summed E-state index contributed by atoms with van der Waals surface area (Å²) >= 11 is 0. The van der Waals surface area contributed by atoms with Gasteiger partial charge in [-0.15, -0.1) is 0 Å².